The van der Waals surface area contributed by atoms with Crippen molar-refractivity contribution in [3.8, 4) is 0 Å². The van der Waals surface area contributed by atoms with E-state index in [4.69, 9.17) is 4.74 Å². The second-order valence-electron chi connectivity index (χ2n) is 7.01. The number of aryl methyl sites for hydroxylation is 1. The molecule has 3 rings (SSSR count). The summed E-state index contributed by atoms with van der Waals surface area (Å²) in [6.45, 7) is 7.83. The summed E-state index contributed by atoms with van der Waals surface area (Å²) in [6.07, 6.45) is 6.77. The molecule has 3 heterocycles. The maximum absolute atomic E-state index is 12.6. The van der Waals surface area contributed by atoms with E-state index in [0.29, 0.717) is 23.2 Å². The molecule has 0 aliphatic carbocycles. The predicted molar refractivity (Wildman–Crippen MR) is 91.8 cm³/mol. The number of likely N-dealkylation sites (tertiary alicyclic amines) is 2. The van der Waals surface area contributed by atoms with Crippen molar-refractivity contribution in [2.24, 2.45) is 11.8 Å². The number of fused-ring (bicyclic) bond motifs is 1. The van der Waals surface area contributed by atoms with Crippen molar-refractivity contribution in [2.45, 2.75) is 26.2 Å². The number of aromatic nitrogens is 2. The highest BCUT2D eigenvalue weighted by Crippen LogP contribution is 2.32. The van der Waals surface area contributed by atoms with Crippen molar-refractivity contribution in [1.82, 2.24) is 19.8 Å². The first kappa shape index (κ1) is 17.3. The summed E-state index contributed by atoms with van der Waals surface area (Å²) >= 11 is 0. The summed E-state index contributed by atoms with van der Waals surface area (Å²) in [7, 11) is 1.76. The smallest absolute Gasteiger partial charge is 0.257 e. The van der Waals surface area contributed by atoms with Crippen molar-refractivity contribution in [3.05, 3.63) is 23.8 Å². The third-order valence-electron chi connectivity index (χ3n) is 5.35. The monoisotopic (exact) mass is 332 g/mol. The molecule has 132 valence electrons. The van der Waals surface area contributed by atoms with Crippen LogP contribution in [0.15, 0.2) is 12.4 Å². The molecule has 0 bridgehead atoms. The number of nitrogens with zero attached hydrogens (tertiary/aromatic N) is 4. The molecule has 2 atom stereocenters. The fourth-order valence-corrected chi connectivity index (χ4v) is 3.91. The van der Waals surface area contributed by atoms with Crippen LogP contribution in [0.1, 0.15) is 35.4 Å². The van der Waals surface area contributed by atoms with E-state index >= 15 is 0 Å². The van der Waals surface area contributed by atoms with Crippen LogP contribution in [-0.4, -0.2) is 72.1 Å². The topological polar surface area (TPSA) is 58.6 Å². The van der Waals surface area contributed by atoms with Crippen molar-refractivity contribution >= 4 is 5.91 Å². The molecular weight excluding hydrogens is 304 g/mol. The zero-order chi connectivity index (χ0) is 16.9. The predicted octanol–water partition coefficient (Wildman–Crippen LogP) is 1.61. The molecule has 2 aliphatic heterocycles. The minimum atomic E-state index is 0.0834. The van der Waals surface area contributed by atoms with Crippen molar-refractivity contribution in [2.75, 3.05) is 46.4 Å². The Kier molecular flexibility index (Phi) is 5.79. The van der Waals surface area contributed by atoms with Gasteiger partial charge in [0.2, 0.25) is 0 Å². The van der Waals surface area contributed by atoms with E-state index in [0.717, 1.165) is 45.8 Å². The van der Waals surface area contributed by atoms with Crippen LogP contribution in [0.3, 0.4) is 0 Å². The Balaban J connectivity index is 1.53. The van der Waals surface area contributed by atoms with Crippen molar-refractivity contribution < 1.29 is 9.53 Å². The molecule has 1 aromatic heterocycles. The van der Waals surface area contributed by atoms with Gasteiger partial charge in [-0.25, -0.2) is 9.97 Å². The van der Waals surface area contributed by atoms with Crippen molar-refractivity contribution in [3.63, 3.8) is 0 Å². The van der Waals surface area contributed by atoms with E-state index in [1.54, 1.807) is 19.5 Å². The standard InChI is InChI=1S/C18H28N4O2/c1-14-19-10-17(11-20-14)18(23)22-12-15-4-7-21(6-3-9-24-2)8-5-16(15)13-22/h10-11,15-16H,3-9,12-13H2,1-2H3/t15-,16+. The summed E-state index contributed by atoms with van der Waals surface area (Å²) in [5, 5.41) is 0. The van der Waals surface area contributed by atoms with Gasteiger partial charge >= 0.3 is 0 Å². The molecule has 2 fully saturated rings. The number of ether oxygens (including phenoxy) is 1. The molecular formula is C18H28N4O2. The summed E-state index contributed by atoms with van der Waals surface area (Å²) < 4.78 is 5.15. The van der Waals surface area contributed by atoms with Gasteiger partial charge in [-0.2, -0.15) is 0 Å². The van der Waals surface area contributed by atoms with Gasteiger partial charge in [-0.1, -0.05) is 0 Å². The Labute approximate surface area is 144 Å². The molecule has 0 radical (unpaired) electrons. The highest BCUT2D eigenvalue weighted by atomic mass is 16.5. The summed E-state index contributed by atoms with van der Waals surface area (Å²) in [4.78, 5) is 25.5. The van der Waals surface area contributed by atoms with Crippen molar-refractivity contribution in [1.29, 1.82) is 0 Å². The molecule has 1 amide bonds. The largest absolute Gasteiger partial charge is 0.385 e. The van der Waals surface area contributed by atoms with E-state index in [9.17, 15) is 4.79 Å². The van der Waals surface area contributed by atoms with E-state index in [1.165, 1.54) is 12.8 Å². The maximum atomic E-state index is 12.6. The van der Waals surface area contributed by atoms with Crippen LogP contribution in [0.2, 0.25) is 0 Å². The lowest BCUT2D eigenvalue weighted by Gasteiger charge is -2.21. The average molecular weight is 332 g/mol. The van der Waals surface area contributed by atoms with E-state index < -0.39 is 0 Å². The second-order valence-corrected chi connectivity index (χ2v) is 7.01. The number of methoxy groups -OCH3 is 1. The lowest BCUT2D eigenvalue weighted by Crippen LogP contribution is -2.31. The first-order valence-corrected chi connectivity index (χ1v) is 8.96. The molecule has 0 spiro atoms. The highest BCUT2D eigenvalue weighted by Gasteiger charge is 2.37. The van der Waals surface area contributed by atoms with E-state index in [1.807, 2.05) is 11.8 Å². The zero-order valence-electron chi connectivity index (χ0n) is 14.8. The minimum Gasteiger partial charge on any atom is -0.385 e. The molecule has 2 saturated heterocycles. The Bertz CT molecular complexity index is 532. The maximum Gasteiger partial charge on any atom is 0.257 e. The number of amides is 1. The third-order valence-corrected chi connectivity index (χ3v) is 5.35. The number of hydrogen-bond acceptors (Lipinski definition) is 5. The van der Waals surface area contributed by atoms with E-state index in [-0.39, 0.29) is 5.91 Å². The Morgan fingerprint density at radius 1 is 1.21 bits per heavy atom. The molecule has 6 nitrogen and oxygen atoms in total. The van der Waals surface area contributed by atoms with Crippen LogP contribution >= 0.6 is 0 Å². The first-order chi connectivity index (χ1) is 11.7. The van der Waals surface area contributed by atoms with Crippen LogP contribution in [0.5, 0.6) is 0 Å². The number of hydrogen-bond donors (Lipinski definition) is 0. The van der Waals surface area contributed by atoms with Gasteiger partial charge in [-0.15, -0.1) is 0 Å². The third kappa shape index (κ3) is 4.11. The van der Waals surface area contributed by atoms with Gasteiger partial charge in [0.25, 0.3) is 5.91 Å². The highest BCUT2D eigenvalue weighted by molar-refractivity contribution is 5.93. The lowest BCUT2D eigenvalue weighted by atomic mass is 9.92. The van der Waals surface area contributed by atoms with Gasteiger partial charge < -0.3 is 14.5 Å². The molecule has 2 aliphatic rings. The van der Waals surface area contributed by atoms with Crippen LogP contribution in [0.4, 0.5) is 0 Å². The Morgan fingerprint density at radius 2 is 1.83 bits per heavy atom. The van der Waals surface area contributed by atoms with E-state index in [2.05, 4.69) is 14.9 Å². The van der Waals surface area contributed by atoms with Crippen LogP contribution in [0.25, 0.3) is 0 Å². The SMILES string of the molecule is COCCCN1CC[C@@H]2CN(C(=O)c3cnc(C)nc3)C[C@@H]2CC1. The van der Waals surface area contributed by atoms with Crippen LogP contribution in [0, 0.1) is 18.8 Å². The van der Waals surface area contributed by atoms with Gasteiger partial charge in [0.1, 0.15) is 5.82 Å². The molecule has 1 aromatic rings. The number of rotatable bonds is 5. The molecule has 24 heavy (non-hydrogen) atoms. The molecule has 6 heteroatoms. The first-order valence-electron chi connectivity index (χ1n) is 8.96. The number of carbonyl (C=O) groups is 1. The molecule has 0 aromatic carbocycles. The summed E-state index contributed by atoms with van der Waals surface area (Å²) in [6, 6.07) is 0. The minimum absolute atomic E-state index is 0.0834. The zero-order valence-corrected chi connectivity index (χ0v) is 14.8. The van der Waals surface area contributed by atoms with Gasteiger partial charge in [0, 0.05) is 45.7 Å². The van der Waals surface area contributed by atoms with Crippen LogP contribution < -0.4 is 0 Å². The van der Waals surface area contributed by atoms with Gasteiger partial charge in [0.15, 0.2) is 0 Å². The lowest BCUT2D eigenvalue weighted by molar-refractivity contribution is 0.0779. The van der Waals surface area contributed by atoms with Gasteiger partial charge in [-0.3, -0.25) is 4.79 Å². The Morgan fingerprint density at radius 3 is 2.42 bits per heavy atom. The summed E-state index contributed by atoms with van der Waals surface area (Å²) in [5.41, 5.74) is 0.609. The van der Waals surface area contributed by atoms with Gasteiger partial charge in [0.05, 0.1) is 5.56 Å². The quantitative estimate of drug-likeness (QED) is 0.767. The molecule has 0 saturated carbocycles. The van der Waals surface area contributed by atoms with Crippen LogP contribution in [-0.2, 0) is 4.74 Å². The second kappa shape index (κ2) is 8.03. The fraction of sp³-hybridized carbons (Fsp3) is 0.722. The summed E-state index contributed by atoms with van der Waals surface area (Å²) in [5.74, 6) is 2.05. The normalized spacial score (nSPS) is 24.7. The number of carbonyl (C=O) groups excluding carboxylic acids is 1. The molecule has 0 N–H and O–H groups in total. The Hall–Kier alpha value is -1.53. The molecule has 0 unspecified atom stereocenters. The average Bonchev–Trinajstić information content (AvgIpc) is 2.91. The van der Waals surface area contributed by atoms with Gasteiger partial charge in [-0.05, 0) is 51.1 Å². The fourth-order valence-electron chi connectivity index (χ4n) is 3.91.